The van der Waals surface area contributed by atoms with Gasteiger partial charge in [0.05, 0.1) is 5.70 Å². The van der Waals surface area contributed by atoms with Gasteiger partial charge in [0, 0.05) is 46.3 Å². The summed E-state index contributed by atoms with van der Waals surface area (Å²) >= 11 is 0. The number of carbonyl (C=O) groups is 1. The molecule has 1 aliphatic heterocycles. The molecule has 0 N–H and O–H groups in total. The maximum atomic E-state index is 12.1. The lowest BCUT2D eigenvalue weighted by molar-refractivity contribution is -0.126. The Bertz CT molecular complexity index is 352. The summed E-state index contributed by atoms with van der Waals surface area (Å²) < 4.78 is 0. The predicted molar refractivity (Wildman–Crippen MR) is 77.8 cm³/mol. The Morgan fingerprint density at radius 2 is 1.68 bits per heavy atom. The monoisotopic (exact) mass is 265 g/mol. The maximum Gasteiger partial charge on any atom is 0.269 e. The first-order valence-electron chi connectivity index (χ1n) is 7.39. The van der Waals surface area contributed by atoms with Crippen LogP contribution in [0.4, 0.5) is 0 Å². The Balaban J connectivity index is 1.91. The lowest BCUT2D eigenvalue weighted by atomic mass is 10.0. The summed E-state index contributed by atoms with van der Waals surface area (Å²) in [5.41, 5.74) is 0.829. The number of amides is 1. The number of nitrogens with zero attached hydrogens (tertiary/aromatic N) is 3. The van der Waals surface area contributed by atoms with Crippen molar-refractivity contribution in [1.82, 2.24) is 14.7 Å². The van der Waals surface area contributed by atoms with Crippen LogP contribution in [0.5, 0.6) is 0 Å². The molecule has 0 aromatic carbocycles. The maximum absolute atomic E-state index is 12.1. The second kappa shape index (κ2) is 5.95. The van der Waals surface area contributed by atoms with Crippen LogP contribution in [-0.4, -0.2) is 66.9 Å². The van der Waals surface area contributed by atoms with E-state index in [0.29, 0.717) is 6.04 Å². The number of carbonyl (C=O) groups excluding carboxylic acids is 1. The van der Waals surface area contributed by atoms with E-state index in [1.54, 1.807) is 4.90 Å². The van der Waals surface area contributed by atoms with Crippen LogP contribution < -0.4 is 0 Å². The van der Waals surface area contributed by atoms with Crippen molar-refractivity contribution in [3.05, 3.63) is 11.8 Å². The summed E-state index contributed by atoms with van der Waals surface area (Å²) in [7, 11) is 5.69. The Morgan fingerprint density at radius 3 is 2.11 bits per heavy atom. The van der Waals surface area contributed by atoms with Crippen LogP contribution in [-0.2, 0) is 4.79 Å². The molecule has 0 spiro atoms. The number of piperidine rings is 1. The molecule has 2 aliphatic rings. The summed E-state index contributed by atoms with van der Waals surface area (Å²) in [5.74, 6) is 0.106. The zero-order chi connectivity index (χ0) is 14.0. The molecule has 1 saturated carbocycles. The van der Waals surface area contributed by atoms with Gasteiger partial charge in [0.2, 0.25) is 0 Å². The van der Waals surface area contributed by atoms with Gasteiger partial charge in [0.15, 0.2) is 0 Å². The molecule has 0 atom stereocenters. The van der Waals surface area contributed by atoms with Gasteiger partial charge in [-0.2, -0.15) is 0 Å². The van der Waals surface area contributed by atoms with Crippen LogP contribution in [0.25, 0.3) is 0 Å². The Hall–Kier alpha value is -1.03. The smallest absolute Gasteiger partial charge is 0.269 e. The highest BCUT2D eigenvalue weighted by molar-refractivity contribution is 5.92. The van der Waals surface area contributed by atoms with Crippen molar-refractivity contribution in [2.45, 2.75) is 44.7 Å². The molecule has 0 radical (unpaired) electrons. The van der Waals surface area contributed by atoms with Crippen LogP contribution in [0, 0.1) is 0 Å². The van der Waals surface area contributed by atoms with E-state index >= 15 is 0 Å². The van der Waals surface area contributed by atoms with E-state index in [2.05, 4.69) is 16.8 Å². The molecule has 0 bridgehead atoms. The molecule has 19 heavy (non-hydrogen) atoms. The molecule has 4 nitrogen and oxygen atoms in total. The van der Waals surface area contributed by atoms with Crippen LogP contribution in [0.1, 0.15) is 32.6 Å². The number of hydrogen-bond acceptors (Lipinski definition) is 3. The molecule has 2 fully saturated rings. The molecule has 108 valence electrons. The van der Waals surface area contributed by atoms with Gasteiger partial charge in [0.25, 0.3) is 5.91 Å². The average Bonchev–Trinajstić information content (AvgIpc) is 3.23. The zero-order valence-corrected chi connectivity index (χ0v) is 12.7. The van der Waals surface area contributed by atoms with Crippen LogP contribution in [0.15, 0.2) is 11.8 Å². The summed E-state index contributed by atoms with van der Waals surface area (Å²) in [6, 6.07) is 1.38. The van der Waals surface area contributed by atoms with E-state index < -0.39 is 0 Å². The van der Waals surface area contributed by atoms with Gasteiger partial charge in [-0.3, -0.25) is 4.79 Å². The Morgan fingerprint density at radius 1 is 1.11 bits per heavy atom. The minimum atomic E-state index is 0.106. The van der Waals surface area contributed by atoms with E-state index in [-0.39, 0.29) is 5.91 Å². The molecule has 0 aromatic rings. The van der Waals surface area contributed by atoms with E-state index in [4.69, 9.17) is 0 Å². The normalized spacial score (nSPS) is 22.4. The van der Waals surface area contributed by atoms with Crippen LogP contribution in [0.2, 0.25) is 0 Å². The third-order valence-electron chi connectivity index (χ3n) is 4.39. The Kier molecular flexibility index (Phi) is 4.50. The molecular weight excluding hydrogens is 238 g/mol. The molecular formula is C15H27N3O. The van der Waals surface area contributed by atoms with Crippen molar-refractivity contribution in [3.8, 4) is 0 Å². The van der Waals surface area contributed by atoms with Gasteiger partial charge in [-0.15, -0.1) is 0 Å². The summed E-state index contributed by atoms with van der Waals surface area (Å²) in [4.78, 5) is 18.6. The molecule has 4 heteroatoms. The summed E-state index contributed by atoms with van der Waals surface area (Å²) in [6.45, 7) is 4.33. The number of hydrogen-bond donors (Lipinski definition) is 0. The van der Waals surface area contributed by atoms with E-state index in [9.17, 15) is 4.79 Å². The van der Waals surface area contributed by atoms with Crippen LogP contribution in [0.3, 0.4) is 0 Å². The number of rotatable bonds is 4. The fourth-order valence-electron chi connectivity index (χ4n) is 2.98. The Labute approximate surface area is 117 Å². The van der Waals surface area contributed by atoms with E-state index in [1.165, 1.54) is 38.8 Å². The third kappa shape index (κ3) is 3.30. The fraction of sp³-hybridized carbons (Fsp3) is 0.800. The van der Waals surface area contributed by atoms with E-state index in [1.807, 2.05) is 27.1 Å². The molecule has 1 heterocycles. The predicted octanol–water partition coefficient (Wildman–Crippen LogP) is 1.54. The SMILES string of the molecule is CC=C(C(=O)N(C)C)N(C)C1CCN(C2CC2)CC1. The molecule has 1 saturated heterocycles. The van der Waals surface area contributed by atoms with Gasteiger partial charge >= 0.3 is 0 Å². The number of allylic oxidation sites excluding steroid dienone is 1. The molecule has 1 aliphatic carbocycles. The molecule has 1 amide bonds. The van der Waals surface area contributed by atoms with Crippen molar-refractivity contribution in [1.29, 1.82) is 0 Å². The molecule has 2 rings (SSSR count). The molecule has 0 unspecified atom stereocenters. The van der Waals surface area contributed by atoms with E-state index in [0.717, 1.165) is 11.7 Å². The fourth-order valence-corrected chi connectivity index (χ4v) is 2.98. The highest BCUT2D eigenvalue weighted by Crippen LogP contribution is 2.30. The van der Waals surface area contributed by atoms with Gasteiger partial charge < -0.3 is 14.7 Å². The first kappa shape index (κ1) is 14.4. The standard InChI is InChI=1S/C15H27N3O/c1-5-14(15(19)16(2)3)17(4)12-8-10-18(11-9-12)13-6-7-13/h5,12-13H,6-11H2,1-4H3. The highest BCUT2D eigenvalue weighted by atomic mass is 16.2. The number of likely N-dealkylation sites (N-methyl/N-ethyl adjacent to an activating group) is 2. The lowest BCUT2D eigenvalue weighted by Crippen LogP contribution is -2.45. The average molecular weight is 265 g/mol. The van der Waals surface area contributed by atoms with Crippen molar-refractivity contribution in [3.63, 3.8) is 0 Å². The second-order valence-electron chi connectivity index (χ2n) is 5.98. The van der Waals surface area contributed by atoms with Crippen molar-refractivity contribution < 1.29 is 4.79 Å². The second-order valence-corrected chi connectivity index (χ2v) is 5.98. The quantitative estimate of drug-likeness (QED) is 0.721. The van der Waals surface area contributed by atoms with Gasteiger partial charge in [-0.05, 0) is 32.6 Å². The first-order valence-corrected chi connectivity index (χ1v) is 7.39. The first-order chi connectivity index (χ1) is 9.04. The minimum Gasteiger partial charge on any atom is -0.367 e. The lowest BCUT2D eigenvalue weighted by Gasteiger charge is -2.38. The van der Waals surface area contributed by atoms with Gasteiger partial charge in [0.1, 0.15) is 0 Å². The van der Waals surface area contributed by atoms with Crippen molar-refractivity contribution in [2.24, 2.45) is 0 Å². The largest absolute Gasteiger partial charge is 0.367 e. The van der Waals surface area contributed by atoms with Gasteiger partial charge in [-0.25, -0.2) is 0 Å². The minimum absolute atomic E-state index is 0.106. The molecule has 0 aromatic heterocycles. The number of likely N-dealkylation sites (tertiary alicyclic amines) is 1. The summed E-state index contributed by atoms with van der Waals surface area (Å²) in [5, 5.41) is 0. The van der Waals surface area contributed by atoms with Crippen molar-refractivity contribution in [2.75, 3.05) is 34.2 Å². The van der Waals surface area contributed by atoms with Crippen LogP contribution >= 0.6 is 0 Å². The summed E-state index contributed by atoms with van der Waals surface area (Å²) in [6.07, 6.45) is 7.06. The van der Waals surface area contributed by atoms with Gasteiger partial charge in [-0.1, -0.05) is 6.08 Å². The van der Waals surface area contributed by atoms with Crippen molar-refractivity contribution >= 4 is 5.91 Å². The topological polar surface area (TPSA) is 26.8 Å². The third-order valence-corrected chi connectivity index (χ3v) is 4.39. The zero-order valence-electron chi connectivity index (χ0n) is 12.7. The highest BCUT2D eigenvalue weighted by Gasteiger charge is 2.33.